The maximum absolute atomic E-state index is 9.26. The summed E-state index contributed by atoms with van der Waals surface area (Å²) in [7, 11) is 6.52. The second-order valence-corrected chi connectivity index (χ2v) is 15.3. The molecule has 256 valence electrons. The van der Waals surface area contributed by atoms with Crippen molar-refractivity contribution in [2.75, 3.05) is 31.7 Å². The molecule has 0 bridgehead atoms. The van der Waals surface area contributed by atoms with Gasteiger partial charge < -0.3 is 25.7 Å². The average Bonchev–Trinajstić information content (AvgIpc) is 3.05. The average molecular weight is 662 g/mol. The topological polar surface area (TPSA) is 93.0 Å². The summed E-state index contributed by atoms with van der Waals surface area (Å²) in [5.41, 5.74) is 5.03. The van der Waals surface area contributed by atoms with Gasteiger partial charge in [-0.2, -0.15) is 0 Å². The zero-order valence-electron chi connectivity index (χ0n) is 28.0. The third-order valence-electron chi connectivity index (χ3n) is 9.32. The van der Waals surface area contributed by atoms with E-state index in [2.05, 4.69) is 72.3 Å². The molecule has 0 fully saturated rings. The lowest BCUT2D eigenvalue weighted by molar-refractivity contribution is 0.280. The summed E-state index contributed by atoms with van der Waals surface area (Å²) in [6.45, 7) is 1.08. The predicted octanol–water partition coefficient (Wildman–Crippen LogP) is 9.34. The highest BCUT2D eigenvalue weighted by Crippen LogP contribution is 2.48. The Labute approximate surface area is 279 Å². The minimum Gasteiger partial charge on any atom is -0.396 e. The molecule has 0 aliphatic heterocycles. The molecule has 0 amide bonds. The minimum atomic E-state index is -0.0472. The molecule has 0 aliphatic carbocycles. The van der Waals surface area contributed by atoms with E-state index in [4.69, 9.17) is 0 Å². The van der Waals surface area contributed by atoms with Crippen molar-refractivity contribution in [1.82, 2.24) is 0 Å². The largest absolute Gasteiger partial charge is 0.396 e. The number of rotatable bonds is 28. The minimum absolute atomic E-state index is 0.0472. The first-order valence-corrected chi connectivity index (χ1v) is 19.1. The van der Waals surface area contributed by atoms with Crippen LogP contribution in [0.15, 0.2) is 48.5 Å². The van der Waals surface area contributed by atoms with Crippen LogP contribution in [-0.2, 0) is 10.3 Å². The molecule has 2 aromatic rings. The van der Waals surface area contributed by atoms with Crippen LogP contribution in [0.1, 0.15) is 140 Å². The molecule has 0 heterocycles. The Hall–Kier alpha value is -1.06. The van der Waals surface area contributed by atoms with E-state index in [1.807, 2.05) is 0 Å². The van der Waals surface area contributed by atoms with E-state index in [9.17, 15) is 20.4 Å². The molecule has 2 aromatic carbocycles. The summed E-state index contributed by atoms with van der Waals surface area (Å²) < 4.78 is 0. The highest BCUT2D eigenvalue weighted by atomic mass is 31.0. The Morgan fingerprint density at radius 3 is 0.956 bits per heavy atom. The third-order valence-corrected chi connectivity index (χ3v) is 11.1. The highest BCUT2D eigenvalue weighted by molar-refractivity contribution is 7.18. The van der Waals surface area contributed by atoms with Gasteiger partial charge >= 0.3 is 0 Å². The van der Waals surface area contributed by atoms with Crippen LogP contribution in [0.25, 0.3) is 0 Å². The zero-order valence-corrected chi connectivity index (χ0v) is 30.3. The number of hydrogen-bond donors (Lipinski definition) is 5. The second kappa shape index (κ2) is 24.1. The molecular formula is C38H65NO4P2. The Morgan fingerprint density at radius 1 is 0.400 bits per heavy atom. The van der Waals surface area contributed by atoms with Gasteiger partial charge in [-0.15, -0.1) is 18.5 Å². The molecular weight excluding hydrogens is 596 g/mol. The molecule has 5 nitrogen and oxygen atoms in total. The van der Waals surface area contributed by atoms with Crippen LogP contribution in [0.4, 0.5) is 11.4 Å². The van der Waals surface area contributed by atoms with Crippen molar-refractivity contribution < 1.29 is 20.4 Å². The number of hydrogen-bond acceptors (Lipinski definition) is 5. The molecule has 2 rings (SSSR count). The van der Waals surface area contributed by atoms with E-state index in [-0.39, 0.29) is 36.7 Å². The van der Waals surface area contributed by atoms with E-state index in [1.165, 1.54) is 22.5 Å². The first-order valence-electron chi connectivity index (χ1n) is 17.9. The van der Waals surface area contributed by atoms with Gasteiger partial charge in [-0.05, 0) is 74.6 Å². The summed E-state index contributed by atoms with van der Waals surface area (Å²) in [6.07, 6.45) is 21.1. The zero-order chi connectivity index (χ0) is 32.6. The fraction of sp³-hybridized carbons (Fsp3) is 0.684. The van der Waals surface area contributed by atoms with Crippen LogP contribution in [0.2, 0.25) is 0 Å². The molecule has 7 heteroatoms. The first-order chi connectivity index (χ1) is 21.9. The summed E-state index contributed by atoms with van der Waals surface area (Å²) in [5.74, 6) is 0. The fourth-order valence-corrected chi connectivity index (χ4v) is 7.93. The number of nitrogens with one attached hydrogen (secondary N) is 1. The summed E-state index contributed by atoms with van der Waals surface area (Å²) in [5, 5.41) is 40.9. The van der Waals surface area contributed by atoms with Gasteiger partial charge in [0.2, 0.25) is 0 Å². The highest BCUT2D eigenvalue weighted by Gasteiger charge is 2.31. The maximum atomic E-state index is 9.26. The van der Waals surface area contributed by atoms with Crippen molar-refractivity contribution in [2.24, 2.45) is 0 Å². The van der Waals surface area contributed by atoms with Crippen LogP contribution in [0.5, 0.6) is 0 Å². The number of aliphatic hydroxyl groups is 4. The standard InChI is InChI=1S/C38H65NO4P2/c40-29-17-5-1-13-25-37(44,26-14-2-6-18-30-41)33-21-9-11-23-35(33)39-36-24-12-10-22-34(36)38(45,27-15-3-7-19-31-42)28-16-4-8-20-32-43/h9-12,21-24,39-43H,1-8,13-20,25-32,44-45H2. The SMILES string of the molecule is OCCCCCCC(P)(CCCCCCO)c1ccccc1Nc1ccccc1C(P)(CCCCCCO)CCCCCCO. The van der Waals surface area contributed by atoms with E-state index < -0.39 is 0 Å². The van der Waals surface area contributed by atoms with Crippen molar-refractivity contribution in [2.45, 2.75) is 139 Å². The van der Waals surface area contributed by atoms with Crippen molar-refractivity contribution in [3.8, 4) is 0 Å². The number of anilines is 2. The van der Waals surface area contributed by atoms with Crippen LogP contribution < -0.4 is 5.32 Å². The van der Waals surface area contributed by atoms with Gasteiger partial charge in [-0.3, -0.25) is 0 Å². The summed E-state index contributed by atoms with van der Waals surface area (Å²) in [4.78, 5) is 0. The van der Waals surface area contributed by atoms with Gasteiger partial charge in [0.1, 0.15) is 0 Å². The van der Waals surface area contributed by atoms with Gasteiger partial charge in [-0.1, -0.05) is 113 Å². The smallest absolute Gasteiger partial charge is 0.0431 e. The monoisotopic (exact) mass is 661 g/mol. The van der Waals surface area contributed by atoms with Crippen LogP contribution in [-0.4, -0.2) is 46.9 Å². The number of unbranched alkanes of at least 4 members (excludes halogenated alkanes) is 12. The lowest BCUT2D eigenvalue weighted by Crippen LogP contribution is -2.22. The molecule has 0 saturated heterocycles. The summed E-state index contributed by atoms with van der Waals surface area (Å²) in [6, 6.07) is 17.7. The van der Waals surface area contributed by atoms with Crippen molar-refractivity contribution in [1.29, 1.82) is 0 Å². The predicted molar refractivity (Wildman–Crippen MR) is 200 cm³/mol. The first kappa shape index (κ1) is 40.1. The van der Waals surface area contributed by atoms with Crippen molar-refractivity contribution in [3.05, 3.63) is 59.7 Å². The Bertz CT molecular complexity index is 913. The molecule has 0 saturated carbocycles. The van der Waals surface area contributed by atoms with E-state index >= 15 is 0 Å². The van der Waals surface area contributed by atoms with E-state index in [0.29, 0.717) is 0 Å². The number of aliphatic hydroxyl groups excluding tert-OH is 4. The molecule has 5 N–H and O–H groups in total. The van der Waals surface area contributed by atoms with Crippen LogP contribution >= 0.6 is 18.5 Å². The molecule has 0 radical (unpaired) electrons. The summed E-state index contributed by atoms with van der Waals surface area (Å²) >= 11 is 0. The van der Waals surface area contributed by atoms with Gasteiger partial charge in [0.25, 0.3) is 0 Å². The number of benzene rings is 2. The Kier molecular flexibility index (Phi) is 21.5. The van der Waals surface area contributed by atoms with Crippen LogP contribution in [0.3, 0.4) is 0 Å². The molecule has 2 atom stereocenters. The molecule has 2 unspecified atom stereocenters. The van der Waals surface area contributed by atoms with Crippen molar-refractivity contribution in [3.63, 3.8) is 0 Å². The number of para-hydroxylation sites is 2. The Morgan fingerprint density at radius 2 is 0.667 bits per heavy atom. The van der Waals surface area contributed by atoms with Gasteiger partial charge in [0, 0.05) is 48.1 Å². The Balaban J connectivity index is 2.35. The lowest BCUT2D eigenvalue weighted by Gasteiger charge is -2.35. The lowest BCUT2D eigenvalue weighted by atomic mass is 9.84. The quantitative estimate of drug-likeness (QED) is 0.0463. The van der Waals surface area contributed by atoms with Crippen LogP contribution in [0, 0.1) is 0 Å². The van der Waals surface area contributed by atoms with Crippen molar-refractivity contribution >= 4 is 29.9 Å². The second-order valence-electron chi connectivity index (χ2n) is 13.1. The fourth-order valence-electron chi connectivity index (χ4n) is 6.61. The van der Waals surface area contributed by atoms with E-state index in [0.717, 1.165) is 128 Å². The van der Waals surface area contributed by atoms with Gasteiger partial charge in [0.15, 0.2) is 0 Å². The third kappa shape index (κ3) is 15.1. The normalized spacial score (nSPS) is 12.1. The molecule has 45 heavy (non-hydrogen) atoms. The molecule has 0 aromatic heterocycles. The van der Waals surface area contributed by atoms with Gasteiger partial charge in [-0.25, -0.2) is 0 Å². The maximum Gasteiger partial charge on any atom is 0.0431 e. The molecule has 0 aliphatic rings. The van der Waals surface area contributed by atoms with Gasteiger partial charge in [0.05, 0.1) is 0 Å². The molecule has 0 spiro atoms. The van der Waals surface area contributed by atoms with E-state index in [1.54, 1.807) is 0 Å².